The molecule has 0 saturated carbocycles. The number of methoxy groups -OCH3 is 1. The van der Waals surface area contributed by atoms with Crippen LogP contribution in [0.25, 0.3) is 0 Å². The van der Waals surface area contributed by atoms with E-state index in [1.54, 1.807) is 14.2 Å². The average Bonchev–Trinajstić information content (AvgIpc) is 1.71. The van der Waals surface area contributed by atoms with Crippen molar-refractivity contribution in [3.05, 3.63) is 0 Å². The lowest BCUT2D eigenvalue weighted by Crippen LogP contribution is -1.95. The van der Waals surface area contributed by atoms with Gasteiger partial charge in [0.15, 0.2) is 0 Å². The summed E-state index contributed by atoms with van der Waals surface area (Å²) in [4.78, 5) is 0. The van der Waals surface area contributed by atoms with Crippen molar-refractivity contribution in [1.29, 1.82) is 0 Å². The van der Waals surface area contributed by atoms with Gasteiger partial charge in [-0.1, -0.05) is 13.3 Å². The highest BCUT2D eigenvalue weighted by molar-refractivity contribution is 5.85. The van der Waals surface area contributed by atoms with Gasteiger partial charge in [0.25, 0.3) is 0 Å². The third kappa shape index (κ3) is 64.8. The summed E-state index contributed by atoms with van der Waals surface area (Å²) >= 11 is 0. The van der Waals surface area contributed by atoms with Crippen LogP contribution in [-0.2, 0) is 4.74 Å². The van der Waals surface area contributed by atoms with Crippen molar-refractivity contribution in [2.24, 2.45) is 5.73 Å². The number of nitrogens with two attached hydrogens (primary N) is 1. The molecule has 0 saturated heterocycles. The molecule has 0 atom stereocenters. The van der Waals surface area contributed by atoms with Crippen LogP contribution in [0.2, 0.25) is 0 Å². The van der Waals surface area contributed by atoms with E-state index in [4.69, 9.17) is 5.73 Å². The molecule has 0 rings (SSSR count). The molecule has 0 bridgehead atoms. The molecule has 0 unspecified atom stereocenters. The summed E-state index contributed by atoms with van der Waals surface area (Å²) in [6, 6.07) is 0. The molecule has 2 N–H and O–H groups in total. The zero-order chi connectivity index (χ0) is 6.83. The third-order valence-electron chi connectivity index (χ3n) is 0.558. The standard InChI is InChI=1S/C4H11N.C2H6O.ClH/c1-2-3-4-5;1-3-2;/h2-5H2,1H3;1-2H3;1H. The van der Waals surface area contributed by atoms with Crippen molar-refractivity contribution in [1.82, 2.24) is 0 Å². The Hall–Kier alpha value is 0.210. The maximum Gasteiger partial charge on any atom is 0.0351 e. The zero-order valence-corrected chi connectivity index (χ0v) is 7.33. The van der Waals surface area contributed by atoms with Crippen molar-refractivity contribution in [2.75, 3.05) is 20.8 Å². The lowest BCUT2D eigenvalue weighted by molar-refractivity contribution is 0.277. The Bertz CT molecular complexity index is 27.0. The van der Waals surface area contributed by atoms with Gasteiger partial charge in [-0.15, -0.1) is 12.4 Å². The van der Waals surface area contributed by atoms with E-state index in [0.29, 0.717) is 0 Å². The Labute approximate surface area is 64.2 Å². The van der Waals surface area contributed by atoms with Crippen molar-refractivity contribution < 1.29 is 4.74 Å². The first-order chi connectivity index (χ1) is 3.83. The van der Waals surface area contributed by atoms with Crippen LogP contribution in [0.5, 0.6) is 0 Å². The maximum absolute atomic E-state index is 5.14. The summed E-state index contributed by atoms with van der Waals surface area (Å²) < 4.78 is 4.25. The molecule has 0 aliphatic carbocycles. The molecule has 0 aromatic rings. The Kier molecular flexibility index (Phi) is 43.1. The van der Waals surface area contributed by atoms with Gasteiger partial charge in [0.05, 0.1) is 0 Å². The minimum Gasteiger partial charge on any atom is -0.388 e. The van der Waals surface area contributed by atoms with Gasteiger partial charge >= 0.3 is 0 Å². The van der Waals surface area contributed by atoms with Crippen LogP contribution in [0.3, 0.4) is 0 Å². The van der Waals surface area contributed by atoms with E-state index in [1.807, 2.05) is 0 Å². The molecular weight excluding hydrogens is 138 g/mol. The molecule has 0 fully saturated rings. The number of rotatable bonds is 2. The summed E-state index contributed by atoms with van der Waals surface area (Å²) in [5.74, 6) is 0. The van der Waals surface area contributed by atoms with E-state index in [1.165, 1.54) is 12.8 Å². The van der Waals surface area contributed by atoms with Crippen LogP contribution in [0.15, 0.2) is 0 Å². The Morgan fingerprint density at radius 3 is 1.67 bits per heavy atom. The van der Waals surface area contributed by atoms with E-state index < -0.39 is 0 Å². The topological polar surface area (TPSA) is 35.2 Å². The highest BCUT2D eigenvalue weighted by Gasteiger charge is 1.67. The van der Waals surface area contributed by atoms with E-state index in [9.17, 15) is 0 Å². The van der Waals surface area contributed by atoms with Gasteiger partial charge in [-0.3, -0.25) is 0 Å². The first-order valence-electron chi connectivity index (χ1n) is 2.93. The highest BCUT2D eigenvalue weighted by Crippen LogP contribution is 1.77. The summed E-state index contributed by atoms with van der Waals surface area (Å²) in [5, 5.41) is 0. The van der Waals surface area contributed by atoms with Gasteiger partial charge in [-0.25, -0.2) is 0 Å². The quantitative estimate of drug-likeness (QED) is 0.655. The second-order valence-electron chi connectivity index (χ2n) is 1.55. The van der Waals surface area contributed by atoms with Gasteiger partial charge < -0.3 is 10.5 Å². The molecule has 0 aliphatic heterocycles. The lowest BCUT2D eigenvalue weighted by atomic mass is 10.3. The molecule has 9 heavy (non-hydrogen) atoms. The molecule has 0 amide bonds. The summed E-state index contributed by atoms with van der Waals surface area (Å²) in [7, 11) is 3.25. The fourth-order valence-corrected chi connectivity index (χ4v) is 0.204. The number of ether oxygens (including phenoxy) is 1. The van der Waals surface area contributed by atoms with Crippen LogP contribution in [0.1, 0.15) is 19.8 Å². The van der Waals surface area contributed by atoms with Gasteiger partial charge in [-0.05, 0) is 13.0 Å². The monoisotopic (exact) mass is 155 g/mol. The maximum atomic E-state index is 5.14. The first kappa shape index (κ1) is 16.1. The predicted molar refractivity (Wildman–Crippen MR) is 44.1 cm³/mol. The van der Waals surface area contributed by atoms with Crippen LogP contribution in [0, 0.1) is 0 Å². The van der Waals surface area contributed by atoms with Crippen molar-refractivity contribution >= 4 is 12.4 Å². The minimum atomic E-state index is 0. The van der Waals surface area contributed by atoms with Gasteiger partial charge in [-0.2, -0.15) is 0 Å². The Morgan fingerprint density at radius 2 is 1.67 bits per heavy atom. The zero-order valence-electron chi connectivity index (χ0n) is 6.52. The van der Waals surface area contributed by atoms with Crippen molar-refractivity contribution in [2.45, 2.75) is 19.8 Å². The van der Waals surface area contributed by atoms with Gasteiger partial charge in [0.1, 0.15) is 0 Å². The van der Waals surface area contributed by atoms with Crippen LogP contribution in [-0.4, -0.2) is 20.8 Å². The summed E-state index contributed by atoms with van der Waals surface area (Å²) in [6.45, 7) is 2.98. The van der Waals surface area contributed by atoms with E-state index >= 15 is 0 Å². The van der Waals surface area contributed by atoms with Crippen LogP contribution in [0.4, 0.5) is 0 Å². The molecule has 2 nitrogen and oxygen atoms in total. The molecular formula is C6H18ClNO. The Morgan fingerprint density at radius 1 is 1.33 bits per heavy atom. The number of unbranched alkanes of at least 4 members (excludes halogenated alkanes) is 1. The molecule has 0 aromatic heterocycles. The fraction of sp³-hybridized carbons (Fsp3) is 1.00. The summed E-state index contributed by atoms with van der Waals surface area (Å²) in [6.07, 6.45) is 2.39. The van der Waals surface area contributed by atoms with Crippen molar-refractivity contribution in [3.63, 3.8) is 0 Å². The number of halogens is 1. The van der Waals surface area contributed by atoms with Gasteiger partial charge in [0, 0.05) is 14.2 Å². The molecule has 0 aromatic carbocycles. The molecule has 0 radical (unpaired) electrons. The fourth-order valence-electron chi connectivity index (χ4n) is 0.204. The second-order valence-corrected chi connectivity index (χ2v) is 1.55. The number of hydrogen-bond acceptors (Lipinski definition) is 2. The van der Waals surface area contributed by atoms with E-state index in [-0.39, 0.29) is 12.4 Å². The predicted octanol–water partition coefficient (Wildman–Crippen LogP) is 1.43. The highest BCUT2D eigenvalue weighted by atomic mass is 35.5. The summed E-state index contributed by atoms with van der Waals surface area (Å²) in [5.41, 5.74) is 5.14. The molecule has 0 spiro atoms. The third-order valence-corrected chi connectivity index (χ3v) is 0.558. The van der Waals surface area contributed by atoms with E-state index in [0.717, 1.165) is 6.54 Å². The normalized spacial score (nSPS) is 6.67. The van der Waals surface area contributed by atoms with E-state index in [2.05, 4.69) is 11.7 Å². The molecule has 3 heteroatoms. The Balaban J connectivity index is -0.0000000800. The largest absolute Gasteiger partial charge is 0.388 e. The second kappa shape index (κ2) is 24.1. The van der Waals surface area contributed by atoms with Crippen LogP contribution < -0.4 is 5.73 Å². The van der Waals surface area contributed by atoms with Crippen LogP contribution >= 0.6 is 12.4 Å². The first-order valence-corrected chi connectivity index (χ1v) is 2.93. The SMILES string of the molecule is CCCCN.COC.Cl. The van der Waals surface area contributed by atoms with Gasteiger partial charge in [0.2, 0.25) is 0 Å². The van der Waals surface area contributed by atoms with Crippen molar-refractivity contribution in [3.8, 4) is 0 Å². The smallest absolute Gasteiger partial charge is 0.0351 e. The minimum absolute atomic E-state index is 0. The average molecular weight is 156 g/mol. The molecule has 60 valence electrons. The molecule has 0 heterocycles. The lowest BCUT2D eigenvalue weighted by Gasteiger charge is -1.80. The molecule has 0 aliphatic rings. The number of hydrogen-bond donors (Lipinski definition) is 1.